The average Bonchev–Trinajstić information content (AvgIpc) is 3.26. The Kier molecular flexibility index (Phi) is 5.30. The van der Waals surface area contributed by atoms with Gasteiger partial charge in [0.25, 0.3) is 5.91 Å². The number of aryl methyl sites for hydroxylation is 2. The molecular weight excluding hydrogens is 329 g/mol. The average molecular weight is 351 g/mol. The van der Waals surface area contributed by atoms with Crippen LogP contribution in [0.15, 0.2) is 22.0 Å². The molecule has 2 atom stereocenters. The van der Waals surface area contributed by atoms with E-state index in [0.29, 0.717) is 42.9 Å². The minimum atomic E-state index is -0.838. The van der Waals surface area contributed by atoms with Crippen molar-refractivity contribution in [2.75, 3.05) is 13.1 Å². The van der Waals surface area contributed by atoms with Gasteiger partial charge in [0.2, 0.25) is 0 Å². The second-order valence-corrected chi connectivity index (χ2v) is 7.16. The molecule has 3 rings (SSSR count). The number of rotatable bonds is 6. The van der Waals surface area contributed by atoms with Crippen molar-refractivity contribution in [1.29, 1.82) is 0 Å². The topological polar surface area (TPSA) is 58.4 Å². The van der Waals surface area contributed by atoms with Crippen LogP contribution >= 0.6 is 11.3 Å². The molecule has 3 heterocycles. The molecule has 1 aliphatic heterocycles. The van der Waals surface area contributed by atoms with Crippen molar-refractivity contribution in [3.63, 3.8) is 0 Å². The number of thiophene rings is 1. The number of amides is 1. The van der Waals surface area contributed by atoms with Crippen molar-refractivity contribution < 1.29 is 13.7 Å². The zero-order valence-corrected chi connectivity index (χ0v) is 14.7. The van der Waals surface area contributed by atoms with E-state index in [-0.39, 0.29) is 11.9 Å². The summed E-state index contributed by atoms with van der Waals surface area (Å²) >= 11 is 1.67. The smallest absolute Gasteiger partial charge is 0.256 e. The molecule has 1 fully saturated rings. The van der Waals surface area contributed by atoms with Crippen LogP contribution in [0.4, 0.5) is 4.39 Å². The van der Waals surface area contributed by atoms with Crippen LogP contribution < -0.4 is 5.32 Å². The van der Waals surface area contributed by atoms with E-state index in [4.69, 9.17) is 4.52 Å². The van der Waals surface area contributed by atoms with Crippen molar-refractivity contribution in [1.82, 2.24) is 15.4 Å². The predicted molar refractivity (Wildman–Crippen MR) is 91.0 cm³/mol. The van der Waals surface area contributed by atoms with E-state index in [0.717, 1.165) is 6.54 Å². The van der Waals surface area contributed by atoms with Crippen LogP contribution in [-0.4, -0.2) is 41.3 Å². The highest BCUT2D eigenvalue weighted by molar-refractivity contribution is 7.09. The van der Waals surface area contributed by atoms with E-state index in [1.165, 1.54) is 4.88 Å². The van der Waals surface area contributed by atoms with Crippen molar-refractivity contribution >= 4 is 17.2 Å². The molecule has 1 N–H and O–H groups in total. The summed E-state index contributed by atoms with van der Waals surface area (Å²) < 4.78 is 19.0. The molecule has 2 aromatic heterocycles. The number of nitrogens with one attached hydrogen (secondary N) is 1. The van der Waals surface area contributed by atoms with Crippen LogP contribution in [-0.2, 0) is 13.0 Å². The van der Waals surface area contributed by atoms with Gasteiger partial charge in [0.15, 0.2) is 0 Å². The fraction of sp³-hybridized carbons (Fsp3) is 0.529. The Labute approximate surface area is 144 Å². The molecule has 7 heteroatoms. The summed E-state index contributed by atoms with van der Waals surface area (Å²) in [6.07, 6.45) is 0.231. The first kappa shape index (κ1) is 17.1. The number of carbonyl (C=O) groups is 1. The van der Waals surface area contributed by atoms with Gasteiger partial charge in [0.05, 0.1) is 5.69 Å². The molecule has 0 saturated carbocycles. The Hall–Kier alpha value is -1.73. The number of aromatic nitrogens is 1. The minimum Gasteiger partial charge on any atom is -0.360 e. The Bertz CT molecular complexity index is 686. The van der Waals surface area contributed by atoms with Gasteiger partial charge in [-0.15, -0.1) is 11.3 Å². The molecule has 2 aromatic rings. The summed E-state index contributed by atoms with van der Waals surface area (Å²) in [7, 11) is 0. The van der Waals surface area contributed by atoms with Crippen molar-refractivity contribution in [2.24, 2.45) is 0 Å². The van der Waals surface area contributed by atoms with Gasteiger partial charge in [-0.05, 0) is 24.8 Å². The molecule has 0 unspecified atom stereocenters. The summed E-state index contributed by atoms with van der Waals surface area (Å²) in [4.78, 5) is 15.8. The maximum absolute atomic E-state index is 13.9. The Balaban J connectivity index is 1.62. The zero-order valence-electron chi connectivity index (χ0n) is 13.9. The molecule has 1 aliphatic rings. The van der Waals surface area contributed by atoms with Crippen LogP contribution in [0, 0.1) is 6.92 Å². The molecule has 0 radical (unpaired) electrons. The van der Waals surface area contributed by atoms with Gasteiger partial charge in [-0.2, -0.15) is 0 Å². The number of hydrogen-bond donors (Lipinski definition) is 1. The molecule has 0 bridgehead atoms. The number of alkyl halides is 1. The standard InChI is InChI=1S/C17H22FN3O2S/c1-3-15-16(11(2)20-23-15)17(22)19-8-13-7-12(18)9-21(13)10-14-5-4-6-24-14/h4-6,12-13H,3,7-10H2,1-2H3,(H,19,22)/t12-,13-/m0/s1. The second kappa shape index (κ2) is 7.44. The normalized spacial score (nSPS) is 21.3. The predicted octanol–water partition coefficient (Wildman–Crippen LogP) is 2.95. The number of hydrogen-bond acceptors (Lipinski definition) is 5. The zero-order chi connectivity index (χ0) is 17.1. The lowest BCUT2D eigenvalue weighted by Crippen LogP contribution is -2.40. The lowest BCUT2D eigenvalue weighted by molar-refractivity contribution is 0.0937. The third-order valence-electron chi connectivity index (χ3n) is 4.40. The first-order valence-electron chi connectivity index (χ1n) is 8.22. The fourth-order valence-electron chi connectivity index (χ4n) is 3.18. The monoisotopic (exact) mass is 351 g/mol. The highest BCUT2D eigenvalue weighted by atomic mass is 32.1. The number of nitrogens with zero attached hydrogens (tertiary/aromatic N) is 2. The molecule has 1 amide bonds. The third kappa shape index (κ3) is 3.67. The second-order valence-electron chi connectivity index (χ2n) is 6.13. The Morgan fingerprint density at radius 3 is 3.12 bits per heavy atom. The van der Waals surface area contributed by atoms with Crippen molar-refractivity contribution in [3.8, 4) is 0 Å². The van der Waals surface area contributed by atoms with Gasteiger partial charge in [-0.1, -0.05) is 18.1 Å². The van der Waals surface area contributed by atoms with Gasteiger partial charge in [-0.3, -0.25) is 9.69 Å². The number of likely N-dealkylation sites (tertiary alicyclic amines) is 1. The molecule has 0 spiro atoms. The molecule has 130 valence electrons. The summed E-state index contributed by atoms with van der Waals surface area (Å²) in [6.45, 7) is 5.26. The summed E-state index contributed by atoms with van der Waals surface area (Å²) in [5.41, 5.74) is 1.10. The van der Waals surface area contributed by atoms with E-state index in [9.17, 15) is 9.18 Å². The molecule has 1 saturated heterocycles. The lowest BCUT2D eigenvalue weighted by Gasteiger charge is -2.23. The van der Waals surface area contributed by atoms with E-state index in [1.807, 2.05) is 18.4 Å². The largest absolute Gasteiger partial charge is 0.360 e. The minimum absolute atomic E-state index is 0.0105. The summed E-state index contributed by atoms with van der Waals surface area (Å²) in [6, 6.07) is 4.07. The maximum Gasteiger partial charge on any atom is 0.256 e. The van der Waals surface area contributed by atoms with E-state index < -0.39 is 6.17 Å². The highest BCUT2D eigenvalue weighted by Crippen LogP contribution is 2.24. The maximum atomic E-state index is 13.9. The first-order chi connectivity index (χ1) is 11.6. The number of carbonyl (C=O) groups excluding carboxylic acids is 1. The van der Waals surface area contributed by atoms with Crippen LogP contribution in [0.3, 0.4) is 0 Å². The molecule has 0 aromatic carbocycles. The van der Waals surface area contributed by atoms with Crippen molar-refractivity contribution in [3.05, 3.63) is 39.4 Å². The summed E-state index contributed by atoms with van der Waals surface area (Å²) in [5, 5.41) is 8.81. The Morgan fingerprint density at radius 2 is 2.42 bits per heavy atom. The van der Waals surface area contributed by atoms with E-state index in [2.05, 4.69) is 21.4 Å². The highest BCUT2D eigenvalue weighted by Gasteiger charge is 2.32. The molecular formula is C17H22FN3O2S. The van der Waals surface area contributed by atoms with Gasteiger partial charge in [-0.25, -0.2) is 4.39 Å². The SMILES string of the molecule is CCc1onc(C)c1C(=O)NC[C@@H]1C[C@H](F)CN1Cc1cccs1. The fourth-order valence-corrected chi connectivity index (χ4v) is 3.91. The van der Waals surface area contributed by atoms with Crippen LogP contribution in [0.1, 0.15) is 40.0 Å². The van der Waals surface area contributed by atoms with Gasteiger partial charge >= 0.3 is 0 Å². The van der Waals surface area contributed by atoms with Crippen molar-refractivity contribution in [2.45, 2.75) is 45.4 Å². The van der Waals surface area contributed by atoms with Gasteiger partial charge in [0, 0.05) is 37.0 Å². The van der Waals surface area contributed by atoms with Crippen LogP contribution in [0.5, 0.6) is 0 Å². The van der Waals surface area contributed by atoms with Crippen LogP contribution in [0.2, 0.25) is 0 Å². The van der Waals surface area contributed by atoms with Gasteiger partial charge < -0.3 is 9.84 Å². The molecule has 5 nitrogen and oxygen atoms in total. The lowest BCUT2D eigenvalue weighted by atomic mass is 10.1. The van der Waals surface area contributed by atoms with Crippen LogP contribution in [0.25, 0.3) is 0 Å². The van der Waals surface area contributed by atoms with E-state index >= 15 is 0 Å². The molecule has 24 heavy (non-hydrogen) atoms. The quantitative estimate of drug-likeness (QED) is 0.869. The molecule has 0 aliphatic carbocycles. The first-order valence-corrected chi connectivity index (χ1v) is 9.10. The Morgan fingerprint density at radius 1 is 1.58 bits per heavy atom. The number of halogens is 1. The van der Waals surface area contributed by atoms with Gasteiger partial charge in [0.1, 0.15) is 17.5 Å². The third-order valence-corrected chi connectivity index (χ3v) is 5.26. The van der Waals surface area contributed by atoms with E-state index in [1.54, 1.807) is 18.3 Å². The summed E-state index contributed by atoms with van der Waals surface area (Å²) in [5.74, 6) is 0.402.